The Balaban J connectivity index is 2.08. The largest absolute Gasteiger partial charge is 0.330 e. The standard InChI is InChI=1S/C22H49N4/c1-24(18-12-20-26(3,4)19-10-15-23)16-11-17-25(2)21-22-13-8-6-5-7-9-14-22/h22H,5-21,23H2,1-4H3/q+1. The van der Waals surface area contributed by atoms with Crippen LogP contribution in [0.25, 0.3) is 0 Å². The Morgan fingerprint density at radius 1 is 0.769 bits per heavy atom. The number of nitrogens with two attached hydrogens (primary N) is 1. The number of hydrogen-bond acceptors (Lipinski definition) is 3. The van der Waals surface area contributed by atoms with E-state index >= 15 is 0 Å². The summed E-state index contributed by atoms with van der Waals surface area (Å²) in [5, 5.41) is 0. The summed E-state index contributed by atoms with van der Waals surface area (Å²) in [6.07, 6.45) is 14.0. The zero-order valence-electron chi connectivity index (χ0n) is 18.5. The van der Waals surface area contributed by atoms with Crippen LogP contribution in [-0.2, 0) is 0 Å². The molecule has 0 aromatic rings. The van der Waals surface area contributed by atoms with E-state index in [1.807, 2.05) is 0 Å². The van der Waals surface area contributed by atoms with Crippen molar-refractivity contribution in [1.82, 2.24) is 9.80 Å². The molecule has 0 spiro atoms. The molecule has 0 aliphatic heterocycles. The van der Waals surface area contributed by atoms with Gasteiger partial charge in [0.1, 0.15) is 0 Å². The number of nitrogens with zero attached hydrogens (tertiary/aromatic N) is 3. The molecule has 156 valence electrons. The van der Waals surface area contributed by atoms with Gasteiger partial charge in [0, 0.05) is 25.9 Å². The maximum Gasteiger partial charge on any atom is 0.0794 e. The van der Waals surface area contributed by atoms with Gasteiger partial charge in [-0.3, -0.25) is 0 Å². The second-order valence-electron chi connectivity index (χ2n) is 9.51. The second kappa shape index (κ2) is 13.9. The molecule has 4 heteroatoms. The van der Waals surface area contributed by atoms with Crippen molar-refractivity contribution in [3.8, 4) is 0 Å². The van der Waals surface area contributed by atoms with Gasteiger partial charge in [-0.25, -0.2) is 0 Å². The van der Waals surface area contributed by atoms with E-state index in [4.69, 9.17) is 5.73 Å². The van der Waals surface area contributed by atoms with Crippen LogP contribution in [0.1, 0.15) is 64.2 Å². The van der Waals surface area contributed by atoms with E-state index in [-0.39, 0.29) is 0 Å². The van der Waals surface area contributed by atoms with Crippen molar-refractivity contribution in [3.05, 3.63) is 0 Å². The Hall–Kier alpha value is -0.160. The van der Waals surface area contributed by atoms with Crippen LogP contribution >= 0.6 is 0 Å². The molecule has 4 nitrogen and oxygen atoms in total. The smallest absolute Gasteiger partial charge is 0.0794 e. The van der Waals surface area contributed by atoms with Crippen LogP contribution in [-0.4, -0.2) is 88.3 Å². The van der Waals surface area contributed by atoms with Crippen molar-refractivity contribution in [2.75, 3.05) is 74.0 Å². The molecule has 1 fully saturated rings. The highest BCUT2D eigenvalue weighted by molar-refractivity contribution is 4.67. The van der Waals surface area contributed by atoms with Gasteiger partial charge in [0.2, 0.25) is 0 Å². The van der Waals surface area contributed by atoms with E-state index < -0.39 is 0 Å². The highest BCUT2D eigenvalue weighted by Crippen LogP contribution is 2.22. The summed E-state index contributed by atoms with van der Waals surface area (Å²) in [6.45, 7) is 8.28. The zero-order chi connectivity index (χ0) is 19.3. The molecule has 0 aromatic carbocycles. The zero-order valence-corrected chi connectivity index (χ0v) is 18.5. The van der Waals surface area contributed by atoms with E-state index in [0.29, 0.717) is 0 Å². The molecule has 1 rings (SSSR count). The quantitative estimate of drug-likeness (QED) is 0.505. The fraction of sp³-hybridized carbons (Fsp3) is 1.00. The van der Waals surface area contributed by atoms with E-state index in [1.54, 1.807) is 0 Å². The maximum atomic E-state index is 5.64. The van der Waals surface area contributed by atoms with Crippen molar-refractivity contribution in [1.29, 1.82) is 0 Å². The number of hydrogen-bond donors (Lipinski definition) is 1. The third kappa shape index (κ3) is 12.3. The summed E-state index contributed by atoms with van der Waals surface area (Å²) >= 11 is 0. The van der Waals surface area contributed by atoms with Crippen LogP contribution in [0.15, 0.2) is 0 Å². The molecule has 0 bridgehead atoms. The first kappa shape index (κ1) is 23.9. The summed E-state index contributed by atoms with van der Waals surface area (Å²) in [5.74, 6) is 0.951. The first-order valence-electron chi connectivity index (χ1n) is 11.3. The third-order valence-electron chi connectivity index (χ3n) is 6.15. The molecule has 1 saturated carbocycles. The van der Waals surface area contributed by atoms with Crippen molar-refractivity contribution >= 4 is 0 Å². The van der Waals surface area contributed by atoms with E-state index in [1.165, 1.54) is 97.1 Å². The fourth-order valence-electron chi connectivity index (χ4n) is 4.38. The van der Waals surface area contributed by atoms with Gasteiger partial charge in [-0.05, 0) is 58.9 Å². The molecular formula is C22H49N4+. The Morgan fingerprint density at radius 3 is 1.96 bits per heavy atom. The molecule has 0 atom stereocenters. The molecule has 0 radical (unpaired) electrons. The first-order valence-corrected chi connectivity index (χ1v) is 11.3. The number of rotatable bonds is 13. The molecule has 2 N–H and O–H groups in total. The average Bonchev–Trinajstić information content (AvgIpc) is 2.55. The number of quaternary nitrogens is 1. The van der Waals surface area contributed by atoms with Crippen LogP contribution in [0.5, 0.6) is 0 Å². The molecule has 1 aliphatic rings. The minimum Gasteiger partial charge on any atom is -0.330 e. The molecule has 0 saturated heterocycles. The van der Waals surface area contributed by atoms with Crippen LogP contribution < -0.4 is 5.73 Å². The summed E-state index contributed by atoms with van der Waals surface area (Å²) in [4.78, 5) is 5.11. The van der Waals surface area contributed by atoms with E-state index in [0.717, 1.165) is 23.4 Å². The van der Waals surface area contributed by atoms with Gasteiger partial charge in [0.15, 0.2) is 0 Å². The van der Waals surface area contributed by atoms with Crippen molar-refractivity contribution < 1.29 is 4.48 Å². The average molecular weight is 370 g/mol. The Labute approximate surface area is 164 Å². The van der Waals surface area contributed by atoms with E-state index in [2.05, 4.69) is 38.0 Å². The lowest BCUT2D eigenvalue weighted by Crippen LogP contribution is -2.43. The highest BCUT2D eigenvalue weighted by atomic mass is 15.3. The minimum absolute atomic E-state index is 0.815. The predicted octanol–water partition coefficient (Wildman–Crippen LogP) is 3.42. The lowest BCUT2D eigenvalue weighted by atomic mass is 9.91. The van der Waals surface area contributed by atoms with Gasteiger partial charge in [0.05, 0.1) is 27.2 Å². The molecule has 26 heavy (non-hydrogen) atoms. The fourth-order valence-corrected chi connectivity index (χ4v) is 4.38. The van der Waals surface area contributed by atoms with Crippen molar-refractivity contribution in [2.45, 2.75) is 64.2 Å². The Morgan fingerprint density at radius 2 is 1.31 bits per heavy atom. The predicted molar refractivity (Wildman–Crippen MR) is 116 cm³/mol. The molecule has 1 aliphatic carbocycles. The van der Waals surface area contributed by atoms with Gasteiger partial charge >= 0.3 is 0 Å². The van der Waals surface area contributed by atoms with Crippen LogP contribution in [0.2, 0.25) is 0 Å². The molecule has 0 amide bonds. The van der Waals surface area contributed by atoms with Gasteiger partial charge in [-0.2, -0.15) is 0 Å². The van der Waals surface area contributed by atoms with Gasteiger partial charge < -0.3 is 20.0 Å². The lowest BCUT2D eigenvalue weighted by molar-refractivity contribution is -0.890. The summed E-state index contributed by atoms with van der Waals surface area (Å²) in [7, 11) is 9.28. The van der Waals surface area contributed by atoms with Gasteiger partial charge in [0.25, 0.3) is 0 Å². The summed E-state index contributed by atoms with van der Waals surface area (Å²) < 4.78 is 1.11. The Bertz CT molecular complexity index is 324. The van der Waals surface area contributed by atoms with Crippen LogP contribution in [0.4, 0.5) is 0 Å². The summed E-state index contributed by atoms with van der Waals surface area (Å²) in [6, 6.07) is 0. The van der Waals surface area contributed by atoms with Crippen molar-refractivity contribution in [2.24, 2.45) is 11.7 Å². The van der Waals surface area contributed by atoms with Crippen LogP contribution in [0.3, 0.4) is 0 Å². The molecule has 0 unspecified atom stereocenters. The third-order valence-corrected chi connectivity index (χ3v) is 6.15. The first-order chi connectivity index (χ1) is 12.4. The molecule has 0 heterocycles. The Kier molecular flexibility index (Phi) is 12.8. The maximum absolute atomic E-state index is 5.64. The monoisotopic (exact) mass is 369 g/mol. The van der Waals surface area contributed by atoms with Gasteiger partial charge in [-0.15, -0.1) is 0 Å². The van der Waals surface area contributed by atoms with Gasteiger partial charge in [-0.1, -0.05) is 32.1 Å². The second-order valence-corrected chi connectivity index (χ2v) is 9.51. The highest BCUT2D eigenvalue weighted by Gasteiger charge is 2.15. The minimum atomic E-state index is 0.815. The van der Waals surface area contributed by atoms with Crippen LogP contribution in [0, 0.1) is 5.92 Å². The summed E-state index contributed by atoms with van der Waals surface area (Å²) in [5.41, 5.74) is 5.64. The SMILES string of the molecule is CN(CCCN(C)CC1CCCCCCC1)CCC[N+](C)(C)CCCN. The van der Waals surface area contributed by atoms with Crippen molar-refractivity contribution in [3.63, 3.8) is 0 Å². The lowest BCUT2D eigenvalue weighted by Gasteiger charge is -2.30. The normalized spacial score (nSPS) is 17.7. The molecular weight excluding hydrogens is 320 g/mol. The topological polar surface area (TPSA) is 32.5 Å². The molecule has 0 aromatic heterocycles. The van der Waals surface area contributed by atoms with E-state index in [9.17, 15) is 0 Å².